The van der Waals surface area contributed by atoms with Crippen molar-refractivity contribution in [2.24, 2.45) is 7.05 Å². The Morgan fingerprint density at radius 2 is 1.41 bits per heavy atom. The molecule has 0 aliphatic carbocycles. The van der Waals surface area contributed by atoms with Crippen molar-refractivity contribution in [2.75, 3.05) is 0 Å². The Morgan fingerprint density at radius 1 is 0.730 bits per heavy atom. The van der Waals surface area contributed by atoms with Crippen LogP contribution in [0.15, 0.2) is 108 Å². The molecular weight excluding hydrogens is 456 g/mol. The van der Waals surface area contributed by atoms with E-state index < -0.39 is 0 Å². The predicted octanol–water partition coefficient (Wildman–Crippen LogP) is 6.87. The van der Waals surface area contributed by atoms with Crippen molar-refractivity contribution in [3.05, 3.63) is 119 Å². The van der Waals surface area contributed by atoms with E-state index in [2.05, 4.69) is 66.7 Å². The number of imidazole rings is 1. The van der Waals surface area contributed by atoms with Crippen molar-refractivity contribution in [1.82, 2.24) is 19.1 Å². The maximum Gasteiger partial charge on any atom is 0.331 e. The zero-order valence-electron chi connectivity index (χ0n) is 20.6. The molecule has 0 N–H and O–H groups in total. The molecule has 0 aliphatic rings. The lowest BCUT2D eigenvalue weighted by atomic mass is 9.92. The number of nitrogens with zero attached hydrogens (tertiary/aromatic N) is 4. The molecule has 0 fully saturated rings. The monoisotopic (exact) mass is 480 g/mol. The lowest BCUT2D eigenvalue weighted by molar-refractivity contribution is 0.613. The van der Waals surface area contributed by atoms with Gasteiger partial charge in [-0.15, -0.1) is 0 Å². The van der Waals surface area contributed by atoms with Crippen LogP contribution in [0.4, 0.5) is 0 Å². The molecule has 1 atom stereocenters. The van der Waals surface area contributed by atoms with Gasteiger partial charge in [-0.3, -0.25) is 9.13 Å². The third-order valence-corrected chi connectivity index (χ3v) is 7.47. The van der Waals surface area contributed by atoms with Gasteiger partial charge in [-0.05, 0) is 50.9 Å². The molecule has 0 amide bonds. The van der Waals surface area contributed by atoms with Crippen LogP contribution in [0.1, 0.15) is 18.5 Å². The van der Waals surface area contributed by atoms with E-state index in [0.29, 0.717) is 11.3 Å². The van der Waals surface area contributed by atoms with Gasteiger partial charge in [0.05, 0.1) is 17.9 Å². The van der Waals surface area contributed by atoms with Gasteiger partial charge in [-0.1, -0.05) is 91.0 Å². The first-order valence-electron chi connectivity index (χ1n) is 12.4. The summed E-state index contributed by atoms with van der Waals surface area (Å²) in [6, 6.07) is 33.4. The van der Waals surface area contributed by atoms with Crippen LogP contribution in [-0.4, -0.2) is 19.1 Å². The average molecular weight is 481 g/mol. The standard InChI is InChI=1S/C32H24N4O/c1-20(21-10-4-3-5-11-21)36-31-30(35(2)32(36)37)33-19-28(34-31)27-18-23-17-16-22-12-6-7-13-24(22)29(23)26-15-9-8-14-25(26)27/h3-20H,1-2H3/t20-/m1/s1. The van der Waals surface area contributed by atoms with Gasteiger partial charge in [-0.25, -0.2) is 14.8 Å². The molecule has 0 radical (unpaired) electrons. The summed E-state index contributed by atoms with van der Waals surface area (Å²) in [7, 11) is 1.75. The zero-order chi connectivity index (χ0) is 25.1. The van der Waals surface area contributed by atoms with Gasteiger partial charge in [0.25, 0.3) is 0 Å². The van der Waals surface area contributed by atoms with Gasteiger partial charge >= 0.3 is 5.69 Å². The van der Waals surface area contributed by atoms with E-state index in [-0.39, 0.29) is 11.7 Å². The van der Waals surface area contributed by atoms with E-state index in [1.165, 1.54) is 21.5 Å². The molecule has 7 aromatic rings. The van der Waals surface area contributed by atoms with Crippen LogP contribution in [0.25, 0.3) is 54.9 Å². The highest BCUT2D eigenvalue weighted by atomic mass is 16.1. The number of fused-ring (bicyclic) bond motifs is 6. The number of aryl methyl sites for hydroxylation is 1. The quantitative estimate of drug-likeness (QED) is 0.260. The fraction of sp³-hybridized carbons (Fsp3) is 0.0938. The summed E-state index contributed by atoms with van der Waals surface area (Å²) in [5.74, 6) is 0. The Balaban J connectivity index is 1.52. The molecule has 0 saturated carbocycles. The molecule has 7 rings (SSSR count). The zero-order valence-corrected chi connectivity index (χ0v) is 20.6. The molecule has 2 heterocycles. The Labute approximate surface area is 213 Å². The van der Waals surface area contributed by atoms with Crippen molar-refractivity contribution in [3.8, 4) is 11.3 Å². The summed E-state index contributed by atoms with van der Waals surface area (Å²) in [4.78, 5) is 23.1. The summed E-state index contributed by atoms with van der Waals surface area (Å²) >= 11 is 0. The summed E-state index contributed by atoms with van der Waals surface area (Å²) in [5.41, 5.74) is 3.84. The molecule has 37 heavy (non-hydrogen) atoms. The fourth-order valence-corrected chi connectivity index (χ4v) is 5.56. The Bertz CT molecular complexity index is 2040. The first kappa shape index (κ1) is 21.5. The van der Waals surface area contributed by atoms with E-state index >= 15 is 0 Å². The third-order valence-electron chi connectivity index (χ3n) is 7.47. The topological polar surface area (TPSA) is 52.7 Å². The highest BCUT2D eigenvalue weighted by molar-refractivity contribution is 6.23. The SMILES string of the molecule is C[C@H](c1ccccc1)n1c(=O)n(C)c2ncc(-c3cc4ccc5ccccc5c4c4ccccc34)nc21. The maximum atomic E-state index is 13.3. The van der Waals surface area contributed by atoms with Crippen molar-refractivity contribution in [2.45, 2.75) is 13.0 Å². The molecule has 0 bridgehead atoms. The van der Waals surface area contributed by atoms with Gasteiger partial charge in [0.15, 0.2) is 11.3 Å². The van der Waals surface area contributed by atoms with Gasteiger partial charge in [0.1, 0.15) is 0 Å². The van der Waals surface area contributed by atoms with E-state index in [4.69, 9.17) is 9.97 Å². The minimum Gasteiger partial charge on any atom is -0.278 e. The summed E-state index contributed by atoms with van der Waals surface area (Å²) in [6.07, 6.45) is 1.79. The van der Waals surface area contributed by atoms with Crippen LogP contribution >= 0.6 is 0 Å². The van der Waals surface area contributed by atoms with Crippen LogP contribution in [0, 0.1) is 0 Å². The molecule has 0 unspecified atom stereocenters. The predicted molar refractivity (Wildman–Crippen MR) is 151 cm³/mol. The Kier molecular flexibility index (Phi) is 4.73. The van der Waals surface area contributed by atoms with Crippen molar-refractivity contribution < 1.29 is 0 Å². The van der Waals surface area contributed by atoms with Crippen molar-refractivity contribution in [1.29, 1.82) is 0 Å². The van der Waals surface area contributed by atoms with Crippen LogP contribution in [-0.2, 0) is 7.05 Å². The van der Waals surface area contributed by atoms with Gasteiger partial charge < -0.3 is 0 Å². The van der Waals surface area contributed by atoms with Crippen LogP contribution in [0.3, 0.4) is 0 Å². The average Bonchev–Trinajstić information content (AvgIpc) is 3.21. The molecular formula is C32H24N4O. The molecule has 5 heteroatoms. The molecule has 2 aromatic heterocycles. The van der Waals surface area contributed by atoms with E-state index in [1.807, 2.05) is 37.3 Å². The first-order chi connectivity index (χ1) is 18.1. The minimum absolute atomic E-state index is 0.127. The molecule has 5 aromatic carbocycles. The number of rotatable bonds is 3. The van der Waals surface area contributed by atoms with Gasteiger partial charge in [-0.2, -0.15) is 0 Å². The Morgan fingerprint density at radius 3 is 2.22 bits per heavy atom. The van der Waals surface area contributed by atoms with Crippen molar-refractivity contribution in [3.63, 3.8) is 0 Å². The summed E-state index contributed by atoms with van der Waals surface area (Å²) in [6.45, 7) is 2.03. The molecule has 178 valence electrons. The smallest absolute Gasteiger partial charge is 0.278 e. The second kappa shape index (κ2) is 8.14. The largest absolute Gasteiger partial charge is 0.331 e. The second-order valence-corrected chi connectivity index (χ2v) is 9.56. The number of benzene rings is 5. The normalized spacial score (nSPS) is 12.6. The fourth-order valence-electron chi connectivity index (χ4n) is 5.56. The van der Waals surface area contributed by atoms with E-state index in [9.17, 15) is 4.79 Å². The van der Waals surface area contributed by atoms with Gasteiger partial charge in [0.2, 0.25) is 0 Å². The summed E-state index contributed by atoms with van der Waals surface area (Å²) in [5, 5.41) is 7.13. The molecule has 0 spiro atoms. The van der Waals surface area contributed by atoms with E-state index in [0.717, 1.165) is 27.6 Å². The molecule has 0 saturated heterocycles. The lowest BCUT2D eigenvalue weighted by Gasteiger charge is -2.14. The lowest BCUT2D eigenvalue weighted by Crippen LogP contribution is -2.25. The Hall–Kier alpha value is -4.77. The second-order valence-electron chi connectivity index (χ2n) is 9.56. The maximum absolute atomic E-state index is 13.3. The van der Waals surface area contributed by atoms with Crippen LogP contribution < -0.4 is 5.69 Å². The van der Waals surface area contributed by atoms with Gasteiger partial charge in [0, 0.05) is 12.6 Å². The minimum atomic E-state index is -0.179. The van der Waals surface area contributed by atoms with Crippen LogP contribution in [0.2, 0.25) is 0 Å². The van der Waals surface area contributed by atoms with Crippen molar-refractivity contribution >= 4 is 43.6 Å². The third kappa shape index (κ3) is 3.21. The number of aromatic nitrogens is 4. The highest BCUT2D eigenvalue weighted by Gasteiger charge is 2.21. The highest BCUT2D eigenvalue weighted by Crippen LogP contribution is 2.38. The van der Waals surface area contributed by atoms with E-state index in [1.54, 1.807) is 22.4 Å². The number of hydrogen-bond donors (Lipinski definition) is 0. The molecule has 5 nitrogen and oxygen atoms in total. The summed E-state index contributed by atoms with van der Waals surface area (Å²) < 4.78 is 3.33. The molecule has 0 aliphatic heterocycles. The first-order valence-corrected chi connectivity index (χ1v) is 12.4. The number of hydrogen-bond acceptors (Lipinski definition) is 3. The van der Waals surface area contributed by atoms with Crippen LogP contribution in [0.5, 0.6) is 0 Å².